The van der Waals surface area contributed by atoms with Crippen molar-refractivity contribution in [1.82, 2.24) is 10.2 Å². The number of piperidine rings is 1. The molecule has 0 saturated carbocycles. The molecule has 2 heterocycles. The Bertz CT molecular complexity index is 705. The highest BCUT2D eigenvalue weighted by molar-refractivity contribution is 6.00. The molecule has 0 spiro atoms. The molecular weight excluding hydrogens is 268 g/mol. The Kier molecular flexibility index (Phi) is 3.51. The maximum atomic E-state index is 12.1. The van der Waals surface area contributed by atoms with Crippen molar-refractivity contribution in [3.63, 3.8) is 0 Å². The van der Waals surface area contributed by atoms with Gasteiger partial charge in [-0.15, -0.1) is 0 Å². The highest BCUT2D eigenvalue weighted by Crippen LogP contribution is 2.25. The molecular formula is C16H18N2O3. The van der Waals surface area contributed by atoms with Crippen molar-refractivity contribution in [2.75, 3.05) is 7.05 Å². The van der Waals surface area contributed by atoms with Crippen molar-refractivity contribution in [3.8, 4) is 0 Å². The van der Waals surface area contributed by atoms with E-state index in [1.165, 1.54) is 11.9 Å². The number of nitrogens with one attached hydrogen (secondary N) is 1. The summed E-state index contributed by atoms with van der Waals surface area (Å²) >= 11 is 0. The zero-order valence-electron chi connectivity index (χ0n) is 12.2. The summed E-state index contributed by atoms with van der Waals surface area (Å²) in [6.07, 6.45) is 0.960. The molecule has 110 valence electrons. The van der Waals surface area contributed by atoms with Crippen LogP contribution in [0.2, 0.25) is 0 Å². The van der Waals surface area contributed by atoms with Crippen molar-refractivity contribution in [3.05, 3.63) is 35.6 Å². The van der Waals surface area contributed by atoms with Crippen molar-refractivity contribution in [1.29, 1.82) is 0 Å². The fourth-order valence-electron chi connectivity index (χ4n) is 2.77. The monoisotopic (exact) mass is 286 g/mol. The molecule has 1 aliphatic rings. The molecule has 2 aromatic rings. The Hall–Kier alpha value is -2.14. The summed E-state index contributed by atoms with van der Waals surface area (Å²) in [6.45, 7) is 2.48. The molecule has 1 aromatic carbocycles. The molecule has 1 atom stereocenters. The minimum Gasteiger partial charge on any atom is -0.461 e. The van der Waals surface area contributed by atoms with Gasteiger partial charge >= 0.3 is 0 Å². The van der Waals surface area contributed by atoms with E-state index in [1.54, 1.807) is 0 Å². The van der Waals surface area contributed by atoms with E-state index < -0.39 is 0 Å². The molecule has 3 rings (SSSR count). The predicted octanol–water partition coefficient (Wildman–Crippen LogP) is 1.98. The lowest BCUT2D eigenvalue weighted by Crippen LogP contribution is -2.51. The number of carbonyl (C=O) groups is 2. The topological polar surface area (TPSA) is 62.6 Å². The summed E-state index contributed by atoms with van der Waals surface area (Å²) in [4.78, 5) is 24.7. The standard InChI is InChI=1S/C16H18N2O3/c1-10-12(11-5-3-4-6-14(11)21-10)9-17-13-7-8-15(19)18(2)16(13)20/h3-6,13,17H,7-9H2,1-2H3. The molecule has 1 saturated heterocycles. The number of fused-ring (bicyclic) bond motifs is 1. The number of likely N-dealkylation sites (N-methyl/N-ethyl adjacent to an activating group) is 1. The molecule has 5 nitrogen and oxygen atoms in total. The molecule has 2 amide bonds. The average Bonchev–Trinajstić information content (AvgIpc) is 2.80. The first-order valence-electron chi connectivity index (χ1n) is 7.08. The van der Waals surface area contributed by atoms with Gasteiger partial charge in [-0.25, -0.2) is 0 Å². The first-order valence-corrected chi connectivity index (χ1v) is 7.08. The van der Waals surface area contributed by atoms with Crippen LogP contribution >= 0.6 is 0 Å². The van der Waals surface area contributed by atoms with Crippen molar-refractivity contribution in [2.45, 2.75) is 32.4 Å². The smallest absolute Gasteiger partial charge is 0.246 e. The third-order valence-electron chi connectivity index (χ3n) is 4.08. The van der Waals surface area contributed by atoms with Gasteiger partial charge in [0, 0.05) is 31.0 Å². The van der Waals surface area contributed by atoms with E-state index in [9.17, 15) is 9.59 Å². The fourth-order valence-corrected chi connectivity index (χ4v) is 2.77. The van der Waals surface area contributed by atoms with Crippen molar-refractivity contribution < 1.29 is 14.0 Å². The molecule has 0 radical (unpaired) electrons. The molecule has 0 bridgehead atoms. The van der Waals surface area contributed by atoms with E-state index in [0.29, 0.717) is 19.4 Å². The van der Waals surface area contributed by atoms with E-state index in [-0.39, 0.29) is 17.9 Å². The van der Waals surface area contributed by atoms with Gasteiger partial charge in [-0.1, -0.05) is 18.2 Å². The Morgan fingerprint density at radius 1 is 1.33 bits per heavy atom. The number of carbonyl (C=O) groups excluding carboxylic acids is 2. The van der Waals surface area contributed by atoms with Crippen LogP contribution in [0.3, 0.4) is 0 Å². The maximum absolute atomic E-state index is 12.1. The number of amides is 2. The fraction of sp³-hybridized carbons (Fsp3) is 0.375. The lowest BCUT2D eigenvalue weighted by Gasteiger charge is -2.28. The minimum atomic E-state index is -0.305. The number of para-hydroxylation sites is 1. The average molecular weight is 286 g/mol. The summed E-state index contributed by atoms with van der Waals surface area (Å²) in [5, 5.41) is 4.32. The Morgan fingerprint density at radius 2 is 2.10 bits per heavy atom. The quantitative estimate of drug-likeness (QED) is 0.876. The van der Waals surface area contributed by atoms with E-state index in [2.05, 4.69) is 5.32 Å². The second-order valence-electron chi connectivity index (χ2n) is 5.40. The number of imide groups is 1. The normalized spacial score (nSPS) is 19.5. The number of aryl methyl sites for hydroxylation is 1. The van der Waals surface area contributed by atoms with Gasteiger partial charge < -0.3 is 9.73 Å². The molecule has 1 aromatic heterocycles. The minimum absolute atomic E-state index is 0.108. The number of furan rings is 1. The van der Waals surface area contributed by atoms with Crippen LogP contribution in [0.15, 0.2) is 28.7 Å². The lowest BCUT2D eigenvalue weighted by molar-refractivity contribution is -0.148. The van der Waals surface area contributed by atoms with Crippen molar-refractivity contribution in [2.24, 2.45) is 0 Å². The van der Waals surface area contributed by atoms with Gasteiger partial charge in [0.15, 0.2) is 0 Å². The zero-order chi connectivity index (χ0) is 15.0. The van der Waals surface area contributed by atoms with Gasteiger partial charge in [-0.3, -0.25) is 14.5 Å². The van der Waals surface area contributed by atoms with Gasteiger partial charge in [0.05, 0.1) is 6.04 Å². The van der Waals surface area contributed by atoms with Crippen molar-refractivity contribution >= 4 is 22.8 Å². The van der Waals surface area contributed by atoms with Crippen LogP contribution in [-0.2, 0) is 16.1 Å². The van der Waals surface area contributed by atoms with Crippen LogP contribution in [-0.4, -0.2) is 29.8 Å². The Labute approximate surface area is 122 Å². The second-order valence-corrected chi connectivity index (χ2v) is 5.40. The largest absolute Gasteiger partial charge is 0.461 e. The zero-order valence-corrected chi connectivity index (χ0v) is 12.2. The van der Waals surface area contributed by atoms with E-state index in [1.807, 2.05) is 31.2 Å². The number of likely N-dealkylation sites (tertiary alicyclic amines) is 1. The number of benzene rings is 1. The SMILES string of the molecule is Cc1oc2ccccc2c1CNC1CCC(=O)N(C)C1=O. The molecule has 1 N–H and O–H groups in total. The van der Waals surface area contributed by atoms with Crippen LogP contribution in [0.25, 0.3) is 11.0 Å². The summed E-state index contributed by atoms with van der Waals surface area (Å²) < 4.78 is 5.71. The highest BCUT2D eigenvalue weighted by atomic mass is 16.3. The van der Waals surface area contributed by atoms with Crippen LogP contribution in [0.4, 0.5) is 0 Å². The molecule has 1 aliphatic heterocycles. The highest BCUT2D eigenvalue weighted by Gasteiger charge is 2.31. The summed E-state index contributed by atoms with van der Waals surface area (Å²) in [6, 6.07) is 7.55. The van der Waals surface area contributed by atoms with Crippen LogP contribution in [0.1, 0.15) is 24.2 Å². The predicted molar refractivity (Wildman–Crippen MR) is 78.6 cm³/mol. The van der Waals surface area contributed by atoms with E-state index in [4.69, 9.17) is 4.42 Å². The number of nitrogens with zero attached hydrogens (tertiary/aromatic N) is 1. The third kappa shape index (κ3) is 2.45. The first-order chi connectivity index (χ1) is 10.1. The van der Waals surface area contributed by atoms with E-state index >= 15 is 0 Å². The summed E-state index contributed by atoms with van der Waals surface area (Å²) in [7, 11) is 1.54. The first kappa shape index (κ1) is 13.8. The third-order valence-corrected chi connectivity index (χ3v) is 4.08. The van der Waals surface area contributed by atoms with Gasteiger partial charge in [0.1, 0.15) is 11.3 Å². The molecule has 0 aliphatic carbocycles. The number of hydrogen-bond donors (Lipinski definition) is 1. The molecule has 21 heavy (non-hydrogen) atoms. The van der Waals surface area contributed by atoms with Gasteiger partial charge in [-0.2, -0.15) is 0 Å². The summed E-state index contributed by atoms with van der Waals surface area (Å²) in [5.41, 5.74) is 1.92. The molecule has 5 heteroatoms. The number of rotatable bonds is 3. The molecule has 1 unspecified atom stereocenters. The maximum Gasteiger partial charge on any atom is 0.246 e. The van der Waals surface area contributed by atoms with Gasteiger partial charge in [0.25, 0.3) is 0 Å². The number of hydrogen-bond acceptors (Lipinski definition) is 4. The van der Waals surface area contributed by atoms with Crippen LogP contribution in [0.5, 0.6) is 0 Å². The van der Waals surface area contributed by atoms with E-state index in [0.717, 1.165) is 22.3 Å². The Morgan fingerprint density at radius 3 is 2.90 bits per heavy atom. The molecule has 1 fully saturated rings. The van der Waals surface area contributed by atoms with Gasteiger partial charge in [0.2, 0.25) is 11.8 Å². The van der Waals surface area contributed by atoms with Crippen LogP contribution in [0, 0.1) is 6.92 Å². The summed E-state index contributed by atoms with van der Waals surface area (Å²) in [5.74, 6) is 0.594. The Balaban J connectivity index is 1.76. The second kappa shape index (κ2) is 5.33. The lowest BCUT2D eigenvalue weighted by atomic mass is 10.0. The van der Waals surface area contributed by atoms with Gasteiger partial charge in [-0.05, 0) is 19.4 Å². The van der Waals surface area contributed by atoms with Crippen LogP contribution < -0.4 is 5.32 Å².